The molecule has 0 aliphatic heterocycles. The van der Waals surface area contributed by atoms with E-state index >= 15 is 0 Å². The van der Waals surface area contributed by atoms with Gasteiger partial charge in [0.05, 0.1) is 12.3 Å². The Morgan fingerprint density at radius 2 is 1.53 bits per heavy atom. The molecule has 1 nitrogen and oxygen atoms in total. The van der Waals surface area contributed by atoms with Gasteiger partial charge in [-0.1, -0.05) is 12.1 Å². The summed E-state index contributed by atoms with van der Waals surface area (Å²) in [7, 11) is 17.2. The zero-order valence-electron chi connectivity index (χ0n) is 9.16. The van der Waals surface area contributed by atoms with Crippen LogP contribution in [0.2, 0.25) is 0 Å². The van der Waals surface area contributed by atoms with Crippen LogP contribution in [0.15, 0.2) is 34.7 Å². The Kier molecular flexibility index (Phi) is 5.85. The molecule has 1 aromatic heterocycles. The predicted molar refractivity (Wildman–Crippen MR) is 73.5 cm³/mol. The number of aryl methyl sites for hydroxylation is 2. The quantitative estimate of drug-likeness (QED) is 0.411. The maximum atomic E-state index is 5.59. The summed E-state index contributed by atoms with van der Waals surface area (Å²) >= 11 is 0. The van der Waals surface area contributed by atoms with Crippen LogP contribution in [0.1, 0.15) is 11.3 Å². The second-order valence-electron chi connectivity index (χ2n) is 3.33. The number of hydrogen-bond acceptors (Lipinski definition) is 0. The molecule has 0 aliphatic rings. The summed E-state index contributed by atoms with van der Waals surface area (Å²) in [5, 5.41) is 1.17. The Hall–Kier alpha value is 0.309. The summed E-state index contributed by atoms with van der Waals surface area (Å²) in [5.74, 6) is 0.994. The fraction of sp³-hybridized carbons (Fsp3) is 0.182. The van der Waals surface area contributed by atoms with Crippen molar-refractivity contribution in [1.82, 2.24) is 0 Å². The van der Waals surface area contributed by atoms with Crippen molar-refractivity contribution in [3.63, 3.8) is 0 Å². The summed E-state index contributed by atoms with van der Waals surface area (Å²) in [6.07, 6.45) is 0. The van der Waals surface area contributed by atoms with Gasteiger partial charge in [-0.3, -0.25) is 0 Å². The monoisotopic (exact) mass is 355 g/mol. The second-order valence-corrected chi connectivity index (χ2v) is 14.3. The molecule has 0 bridgehead atoms. The normalized spacial score (nSPS) is 11.9. The first kappa shape index (κ1) is 15.4. The third-order valence-electron chi connectivity index (χ3n) is 2.11. The van der Waals surface area contributed by atoms with E-state index < -0.39 is 9.20 Å². The van der Waals surface area contributed by atoms with Crippen LogP contribution in [-0.4, -0.2) is 0 Å². The third-order valence-corrected chi connectivity index (χ3v) is 2.11. The zero-order valence-corrected chi connectivity index (χ0v) is 13.3. The Balaban J connectivity index is 0.000000249. The average Bonchev–Trinajstić information content (AvgIpc) is 2.17. The first-order valence-corrected chi connectivity index (χ1v) is 10.7. The van der Waals surface area contributed by atoms with Gasteiger partial charge in [0.25, 0.3) is 0 Å². The van der Waals surface area contributed by atoms with Crippen LogP contribution in [0, 0.1) is 13.8 Å². The molecular weight excluding hydrogens is 346 g/mol. The van der Waals surface area contributed by atoms with Crippen LogP contribution in [0.5, 0.6) is 0 Å². The first-order valence-electron chi connectivity index (χ1n) is 4.60. The summed E-state index contributed by atoms with van der Waals surface area (Å²) in [6.45, 7) is 4.05. The molecule has 0 aliphatic carbocycles. The molecule has 0 amide bonds. The second kappa shape index (κ2) is 6.47. The molecule has 2 aromatic rings. The molecule has 97 valence electrons. The van der Waals surface area contributed by atoms with E-state index in [1.54, 1.807) is 0 Å². The minimum atomic E-state index is -2.61. The molecule has 1 aromatic carbocycles. The van der Waals surface area contributed by atoms with Gasteiger partial charge in [-0.2, -0.15) is 0 Å². The minimum absolute atomic E-state index is 0.959. The number of rotatable bonds is 0. The molecule has 17 heavy (non-hydrogen) atoms. The van der Waals surface area contributed by atoms with E-state index in [0.717, 1.165) is 11.3 Å². The van der Waals surface area contributed by atoms with E-state index in [9.17, 15) is 0 Å². The zero-order chi connectivity index (χ0) is 13.1. The van der Waals surface area contributed by atoms with Gasteiger partial charge in [-0.15, -0.1) is 0 Å². The SMILES string of the molecule is Cc1cc2ccccc2[o+]c1C.[Cl][Fe-]([Cl])([Cl])[Cl]. The van der Waals surface area contributed by atoms with Gasteiger partial charge >= 0.3 is 60.9 Å². The average molecular weight is 357 g/mol. The van der Waals surface area contributed by atoms with E-state index in [-0.39, 0.29) is 0 Å². The molecular formula is C11H11Cl4FeO. The van der Waals surface area contributed by atoms with Crippen molar-refractivity contribution in [2.45, 2.75) is 13.8 Å². The van der Waals surface area contributed by atoms with Crippen molar-refractivity contribution in [2.75, 3.05) is 0 Å². The van der Waals surface area contributed by atoms with E-state index in [1.807, 2.05) is 25.1 Å². The number of para-hydroxylation sites is 1. The van der Waals surface area contributed by atoms with Crippen LogP contribution >= 0.6 is 40.4 Å². The summed E-state index contributed by atoms with van der Waals surface area (Å²) < 4.78 is 5.59. The van der Waals surface area contributed by atoms with Crippen molar-refractivity contribution in [1.29, 1.82) is 0 Å². The molecule has 0 saturated carbocycles. The van der Waals surface area contributed by atoms with Gasteiger partial charge in [-0.25, -0.2) is 4.42 Å². The van der Waals surface area contributed by atoms with Gasteiger partial charge in [-0.05, 0) is 19.1 Å². The van der Waals surface area contributed by atoms with Crippen molar-refractivity contribution in [2.24, 2.45) is 0 Å². The fourth-order valence-corrected chi connectivity index (χ4v) is 1.27. The van der Waals surface area contributed by atoms with Crippen molar-refractivity contribution in [3.05, 3.63) is 41.7 Å². The Morgan fingerprint density at radius 3 is 2.12 bits per heavy atom. The fourth-order valence-electron chi connectivity index (χ4n) is 1.27. The molecule has 0 saturated heterocycles. The molecule has 6 heteroatoms. The molecule has 0 fully saturated rings. The molecule has 2 rings (SSSR count). The van der Waals surface area contributed by atoms with Crippen LogP contribution in [-0.2, 0) is 9.20 Å². The number of halogens is 4. The van der Waals surface area contributed by atoms with Crippen LogP contribution in [0.25, 0.3) is 11.0 Å². The molecule has 0 unspecified atom stereocenters. The molecule has 0 N–H and O–H groups in total. The van der Waals surface area contributed by atoms with Gasteiger partial charge in [0, 0.05) is 11.6 Å². The molecule has 0 spiro atoms. The standard InChI is InChI=1S/C11H11O.4ClH.Fe/c1-8-7-10-5-3-4-6-11(10)12-9(8)2;;;;;/h3-7H,1-2H3;4*1H;/q+1;;;;;+3/p-4. The summed E-state index contributed by atoms with van der Waals surface area (Å²) in [5.41, 5.74) is 2.16. The number of hydrogen-bond donors (Lipinski definition) is 0. The van der Waals surface area contributed by atoms with Gasteiger partial charge in [0.1, 0.15) is 0 Å². The maximum absolute atomic E-state index is 5.59. The molecule has 0 radical (unpaired) electrons. The van der Waals surface area contributed by atoms with E-state index in [2.05, 4.69) is 19.1 Å². The van der Waals surface area contributed by atoms with Gasteiger partial charge in [0.15, 0.2) is 0 Å². The number of benzene rings is 1. The van der Waals surface area contributed by atoms with Crippen molar-refractivity contribution in [3.8, 4) is 0 Å². The van der Waals surface area contributed by atoms with E-state index in [4.69, 9.17) is 44.8 Å². The van der Waals surface area contributed by atoms with Crippen LogP contribution in [0.3, 0.4) is 0 Å². The van der Waals surface area contributed by atoms with Gasteiger partial charge < -0.3 is 0 Å². The molecule has 1 heterocycles. The van der Waals surface area contributed by atoms with Crippen molar-refractivity contribution < 1.29 is 13.6 Å². The summed E-state index contributed by atoms with van der Waals surface area (Å²) in [4.78, 5) is 0. The third kappa shape index (κ3) is 6.15. The van der Waals surface area contributed by atoms with E-state index in [0.29, 0.717) is 0 Å². The van der Waals surface area contributed by atoms with Gasteiger partial charge in [0.2, 0.25) is 0 Å². The van der Waals surface area contributed by atoms with Crippen LogP contribution in [0.4, 0.5) is 0 Å². The first-order chi connectivity index (χ1) is 7.77. The van der Waals surface area contributed by atoms with Crippen molar-refractivity contribution >= 4 is 51.4 Å². The van der Waals surface area contributed by atoms with Crippen LogP contribution < -0.4 is 0 Å². The van der Waals surface area contributed by atoms with E-state index in [1.165, 1.54) is 10.9 Å². The topological polar surface area (TPSA) is 11.3 Å². The Labute approximate surface area is 120 Å². The summed E-state index contributed by atoms with van der Waals surface area (Å²) in [6, 6.07) is 10.2. The Morgan fingerprint density at radius 1 is 1.00 bits per heavy atom. The number of fused-ring (bicyclic) bond motifs is 1. The Bertz CT molecular complexity index is 464. The predicted octanol–water partition coefficient (Wildman–Crippen LogP) is 6.09. The molecule has 0 atom stereocenters.